The van der Waals surface area contributed by atoms with Crippen LogP contribution in [0.2, 0.25) is 0 Å². The van der Waals surface area contributed by atoms with Gasteiger partial charge in [0, 0.05) is 6.04 Å². The highest BCUT2D eigenvalue weighted by atomic mass is 16.5. The summed E-state index contributed by atoms with van der Waals surface area (Å²) in [7, 11) is 0. The van der Waals surface area contributed by atoms with Crippen LogP contribution in [0.15, 0.2) is 42.6 Å². The van der Waals surface area contributed by atoms with E-state index in [1.165, 1.54) is 0 Å². The highest BCUT2D eigenvalue weighted by Crippen LogP contribution is 2.25. The van der Waals surface area contributed by atoms with Crippen LogP contribution in [0.4, 0.5) is 0 Å². The van der Waals surface area contributed by atoms with Gasteiger partial charge in [0.1, 0.15) is 11.5 Å². The maximum atomic E-state index is 5.85. The monoisotopic (exact) mass is 270 g/mol. The van der Waals surface area contributed by atoms with Crippen molar-refractivity contribution in [1.29, 1.82) is 0 Å². The van der Waals surface area contributed by atoms with Crippen molar-refractivity contribution in [2.45, 2.75) is 33.2 Å². The molecule has 0 aliphatic heterocycles. The number of aryl methyl sites for hydroxylation is 1. The second-order valence-electron chi connectivity index (χ2n) is 4.80. The molecule has 106 valence electrons. The molecule has 1 heterocycles. The fourth-order valence-electron chi connectivity index (χ4n) is 2.16. The summed E-state index contributed by atoms with van der Waals surface area (Å²) in [6.07, 6.45) is 2.82. The standard InChI is InChI=1S/C17H22N2O/c1-4-15(18-5-2)16-11-10-14(12-19-16)20-17-9-7-6-8-13(17)3/h6-12,15,18H,4-5H2,1-3H3. The fraction of sp³-hybridized carbons (Fsp3) is 0.353. The molecule has 1 N–H and O–H groups in total. The Hall–Kier alpha value is -1.87. The van der Waals surface area contributed by atoms with E-state index in [0.717, 1.165) is 35.7 Å². The van der Waals surface area contributed by atoms with E-state index >= 15 is 0 Å². The highest BCUT2D eigenvalue weighted by molar-refractivity contribution is 5.36. The summed E-state index contributed by atoms with van der Waals surface area (Å²) in [6, 6.07) is 12.3. The number of rotatable bonds is 6. The van der Waals surface area contributed by atoms with Crippen molar-refractivity contribution in [1.82, 2.24) is 10.3 Å². The molecule has 0 bridgehead atoms. The molecule has 0 fully saturated rings. The molecular weight excluding hydrogens is 248 g/mol. The van der Waals surface area contributed by atoms with E-state index < -0.39 is 0 Å². The van der Waals surface area contributed by atoms with Crippen molar-refractivity contribution in [3.63, 3.8) is 0 Å². The third-order valence-electron chi connectivity index (χ3n) is 3.30. The zero-order valence-electron chi connectivity index (χ0n) is 12.4. The lowest BCUT2D eigenvalue weighted by Gasteiger charge is -2.15. The SMILES string of the molecule is CCNC(CC)c1ccc(Oc2ccccc2C)cn1. The van der Waals surface area contributed by atoms with Gasteiger partial charge in [0.25, 0.3) is 0 Å². The second-order valence-corrected chi connectivity index (χ2v) is 4.80. The first kappa shape index (κ1) is 14.5. The summed E-state index contributed by atoms with van der Waals surface area (Å²) in [5.41, 5.74) is 2.18. The predicted molar refractivity (Wildman–Crippen MR) is 82.2 cm³/mol. The second kappa shape index (κ2) is 7.06. The van der Waals surface area contributed by atoms with Crippen LogP contribution in [-0.4, -0.2) is 11.5 Å². The van der Waals surface area contributed by atoms with Crippen LogP contribution in [-0.2, 0) is 0 Å². The Bertz CT molecular complexity index is 537. The Morgan fingerprint density at radius 2 is 1.95 bits per heavy atom. The molecule has 1 aromatic carbocycles. The minimum atomic E-state index is 0.313. The number of pyridine rings is 1. The number of para-hydroxylation sites is 1. The topological polar surface area (TPSA) is 34.1 Å². The van der Waals surface area contributed by atoms with Crippen molar-refractivity contribution in [2.75, 3.05) is 6.54 Å². The summed E-state index contributed by atoms with van der Waals surface area (Å²) in [5, 5.41) is 3.42. The van der Waals surface area contributed by atoms with E-state index in [1.54, 1.807) is 6.20 Å². The van der Waals surface area contributed by atoms with Gasteiger partial charge in [0.05, 0.1) is 11.9 Å². The minimum absolute atomic E-state index is 0.313. The van der Waals surface area contributed by atoms with E-state index in [9.17, 15) is 0 Å². The number of ether oxygens (including phenoxy) is 1. The molecule has 0 amide bonds. The highest BCUT2D eigenvalue weighted by Gasteiger charge is 2.09. The number of benzene rings is 1. The van der Waals surface area contributed by atoms with E-state index in [4.69, 9.17) is 4.74 Å². The van der Waals surface area contributed by atoms with Gasteiger partial charge in [0.2, 0.25) is 0 Å². The van der Waals surface area contributed by atoms with E-state index in [1.807, 2.05) is 43.3 Å². The average Bonchev–Trinajstić information content (AvgIpc) is 2.48. The summed E-state index contributed by atoms with van der Waals surface area (Å²) >= 11 is 0. The molecule has 0 saturated heterocycles. The number of hydrogen-bond acceptors (Lipinski definition) is 3. The number of nitrogens with one attached hydrogen (secondary N) is 1. The van der Waals surface area contributed by atoms with Crippen LogP contribution < -0.4 is 10.1 Å². The average molecular weight is 270 g/mol. The van der Waals surface area contributed by atoms with Crippen molar-refractivity contribution >= 4 is 0 Å². The molecule has 0 saturated carbocycles. The lowest BCUT2D eigenvalue weighted by atomic mass is 10.1. The van der Waals surface area contributed by atoms with Gasteiger partial charge in [-0.05, 0) is 43.7 Å². The number of nitrogens with zero attached hydrogens (tertiary/aromatic N) is 1. The van der Waals surface area contributed by atoms with E-state index in [2.05, 4.69) is 24.1 Å². The molecule has 2 aromatic rings. The molecule has 0 aliphatic carbocycles. The molecule has 0 radical (unpaired) electrons. The fourth-order valence-corrected chi connectivity index (χ4v) is 2.16. The normalized spacial score (nSPS) is 12.2. The smallest absolute Gasteiger partial charge is 0.145 e. The van der Waals surface area contributed by atoms with Crippen LogP contribution in [0.25, 0.3) is 0 Å². The number of aromatic nitrogens is 1. The molecular formula is C17H22N2O. The van der Waals surface area contributed by atoms with Gasteiger partial charge in [0.15, 0.2) is 0 Å². The van der Waals surface area contributed by atoms with Gasteiger partial charge in [-0.15, -0.1) is 0 Å². The first-order chi connectivity index (χ1) is 9.74. The molecule has 2 rings (SSSR count). The Balaban J connectivity index is 2.10. The third kappa shape index (κ3) is 3.58. The summed E-state index contributed by atoms with van der Waals surface area (Å²) in [5.74, 6) is 1.65. The van der Waals surface area contributed by atoms with E-state index in [-0.39, 0.29) is 0 Å². The Morgan fingerprint density at radius 1 is 1.15 bits per heavy atom. The maximum absolute atomic E-state index is 5.85. The first-order valence-electron chi connectivity index (χ1n) is 7.17. The van der Waals surface area contributed by atoms with Crippen molar-refractivity contribution < 1.29 is 4.74 Å². The largest absolute Gasteiger partial charge is 0.455 e. The predicted octanol–water partition coefficient (Wildman–Crippen LogP) is 4.24. The Kier molecular flexibility index (Phi) is 5.13. The molecule has 1 atom stereocenters. The molecule has 0 spiro atoms. The summed E-state index contributed by atoms with van der Waals surface area (Å²) in [6.45, 7) is 7.25. The van der Waals surface area contributed by atoms with Crippen LogP contribution in [0.1, 0.15) is 37.6 Å². The molecule has 20 heavy (non-hydrogen) atoms. The number of hydrogen-bond donors (Lipinski definition) is 1. The third-order valence-corrected chi connectivity index (χ3v) is 3.30. The van der Waals surface area contributed by atoms with Gasteiger partial charge in [-0.25, -0.2) is 0 Å². The molecule has 0 aliphatic rings. The van der Waals surface area contributed by atoms with Crippen molar-refractivity contribution in [3.05, 3.63) is 53.9 Å². The van der Waals surface area contributed by atoms with E-state index in [0.29, 0.717) is 6.04 Å². The van der Waals surface area contributed by atoms with Crippen LogP contribution in [0, 0.1) is 6.92 Å². The van der Waals surface area contributed by atoms with Crippen LogP contribution in [0.3, 0.4) is 0 Å². The molecule has 3 heteroatoms. The summed E-state index contributed by atoms with van der Waals surface area (Å²) in [4.78, 5) is 4.51. The minimum Gasteiger partial charge on any atom is -0.455 e. The Morgan fingerprint density at radius 3 is 2.55 bits per heavy atom. The van der Waals surface area contributed by atoms with Gasteiger partial charge in [-0.3, -0.25) is 4.98 Å². The maximum Gasteiger partial charge on any atom is 0.145 e. The van der Waals surface area contributed by atoms with Gasteiger partial charge < -0.3 is 10.1 Å². The van der Waals surface area contributed by atoms with Gasteiger partial charge >= 0.3 is 0 Å². The molecule has 1 unspecified atom stereocenters. The quantitative estimate of drug-likeness (QED) is 0.852. The lowest BCUT2D eigenvalue weighted by molar-refractivity contribution is 0.472. The van der Waals surface area contributed by atoms with Gasteiger partial charge in [-0.1, -0.05) is 32.0 Å². The lowest BCUT2D eigenvalue weighted by Crippen LogP contribution is -2.20. The first-order valence-corrected chi connectivity index (χ1v) is 7.17. The van der Waals surface area contributed by atoms with Crippen LogP contribution >= 0.6 is 0 Å². The van der Waals surface area contributed by atoms with Crippen molar-refractivity contribution in [3.8, 4) is 11.5 Å². The van der Waals surface area contributed by atoms with Gasteiger partial charge in [-0.2, -0.15) is 0 Å². The van der Waals surface area contributed by atoms with Crippen LogP contribution in [0.5, 0.6) is 11.5 Å². The zero-order valence-corrected chi connectivity index (χ0v) is 12.4. The van der Waals surface area contributed by atoms with Crippen molar-refractivity contribution in [2.24, 2.45) is 0 Å². The summed E-state index contributed by atoms with van der Waals surface area (Å²) < 4.78 is 5.85. The molecule has 3 nitrogen and oxygen atoms in total. The molecule has 1 aromatic heterocycles. The zero-order chi connectivity index (χ0) is 14.4. The Labute approximate surface area is 121 Å².